The van der Waals surface area contributed by atoms with E-state index in [1.165, 1.54) is 16.7 Å². The van der Waals surface area contributed by atoms with Crippen LogP contribution in [0, 0.1) is 27.7 Å². The average Bonchev–Trinajstić information content (AvgIpc) is 2.90. The Hall–Kier alpha value is -4.19. The number of nitrogens with zero attached hydrogens (tertiary/aromatic N) is 3. The van der Waals surface area contributed by atoms with E-state index in [4.69, 9.17) is 9.97 Å². The molecule has 1 heterocycles. The monoisotopic (exact) mass is 536 g/mol. The molecule has 0 aliphatic carbocycles. The Labute approximate surface area is 238 Å². The minimum atomic E-state index is -0.928. The normalized spacial score (nSPS) is 11.9. The molecule has 3 aromatic carbocycles. The molecule has 208 valence electrons. The van der Waals surface area contributed by atoms with Crippen LogP contribution < -0.4 is 10.2 Å². The third-order valence-electron chi connectivity index (χ3n) is 7.40. The summed E-state index contributed by atoms with van der Waals surface area (Å²) in [5.41, 5.74) is 9.65. The minimum absolute atomic E-state index is 0.202. The molecule has 0 bridgehead atoms. The zero-order chi connectivity index (χ0) is 29.0. The van der Waals surface area contributed by atoms with Crippen LogP contribution in [0.5, 0.6) is 0 Å². The van der Waals surface area contributed by atoms with Crippen LogP contribution in [0.25, 0.3) is 22.3 Å². The number of anilines is 2. The summed E-state index contributed by atoms with van der Waals surface area (Å²) < 4.78 is 0. The molecule has 4 aromatic rings. The third-order valence-corrected chi connectivity index (χ3v) is 7.40. The molecule has 1 atom stereocenters. The van der Waals surface area contributed by atoms with E-state index in [9.17, 15) is 9.90 Å². The average molecular weight is 537 g/mol. The number of carbonyl (C=O) groups is 1. The van der Waals surface area contributed by atoms with Gasteiger partial charge in [-0.1, -0.05) is 66.2 Å². The summed E-state index contributed by atoms with van der Waals surface area (Å²) in [6.07, 6.45) is 2.14. The van der Waals surface area contributed by atoms with Crippen molar-refractivity contribution in [3.63, 3.8) is 0 Å². The summed E-state index contributed by atoms with van der Waals surface area (Å²) in [6, 6.07) is 20.0. The van der Waals surface area contributed by atoms with Crippen molar-refractivity contribution in [3.8, 4) is 22.3 Å². The van der Waals surface area contributed by atoms with Crippen molar-refractivity contribution in [1.29, 1.82) is 0 Å². The van der Waals surface area contributed by atoms with Gasteiger partial charge in [-0.25, -0.2) is 9.78 Å². The van der Waals surface area contributed by atoms with E-state index in [1.54, 1.807) is 0 Å². The molecule has 6 heteroatoms. The van der Waals surface area contributed by atoms with Crippen molar-refractivity contribution >= 4 is 17.7 Å². The van der Waals surface area contributed by atoms with Gasteiger partial charge in [0, 0.05) is 30.8 Å². The molecular formula is C34H40N4O2. The van der Waals surface area contributed by atoms with Gasteiger partial charge in [-0.15, -0.1) is 0 Å². The van der Waals surface area contributed by atoms with Crippen molar-refractivity contribution in [1.82, 2.24) is 9.97 Å². The number of aryl methyl sites for hydroxylation is 4. The molecule has 0 amide bonds. The molecule has 0 spiro atoms. The van der Waals surface area contributed by atoms with Gasteiger partial charge in [0.2, 0.25) is 5.95 Å². The minimum Gasteiger partial charge on any atom is -0.480 e. The largest absolute Gasteiger partial charge is 0.480 e. The lowest BCUT2D eigenvalue weighted by Gasteiger charge is -2.27. The van der Waals surface area contributed by atoms with Gasteiger partial charge in [-0.2, -0.15) is 4.98 Å². The second kappa shape index (κ2) is 12.3. The number of hydrogen-bond acceptors (Lipinski definition) is 5. The molecule has 0 aliphatic rings. The first-order valence-corrected chi connectivity index (χ1v) is 13.9. The Balaban J connectivity index is 1.71. The standard InChI is InChI=1S/C34H40N4O2/c1-8-38(21(2)3)34-35-20-29(31-24(6)17-22(4)18-25(31)7)32(37-34)36-30(33(39)40)19-26-13-15-27(16-14-26)28-12-10-9-11-23(28)5/h9-18,20-21,30H,8,19H2,1-7H3,(H,39,40)(H,35,36,37)/t30-/m0/s1. The van der Waals surface area contributed by atoms with Crippen LogP contribution >= 0.6 is 0 Å². The maximum Gasteiger partial charge on any atom is 0.326 e. The van der Waals surface area contributed by atoms with E-state index >= 15 is 0 Å². The first-order chi connectivity index (χ1) is 19.1. The molecule has 6 nitrogen and oxygen atoms in total. The van der Waals surface area contributed by atoms with Crippen molar-refractivity contribution in [2.75, 3.05) is 16.8 Å². The number of benzene rings is 3. The fourth-order valence-electron chi connectivity index (χ4n) is 5.46. The number of rotatable bonds is 10. The highest BCUT2D eigenvalue weighted by Gasteiger charge is 2.24. The highest BCUT2D eigenvalue weighted by molar-refractivity contribution is 5.84. The van der Waals surface area contributed by atoms with Crippen molar-refractivity contribution in [2.24, 2.45) is 0 Å². The van der Waals surface area contributed by atoms with Crippen LogP contribution in [0.4, 0.5) is 11.8 Å². The van der Waals surface area contributed by atoms with Crippen LogP contribution in [-0.2, 0) is 11.2 Å². The second-order valence-corrected chi connectivity index (χ2v) is 10.8. The summed E-state index contributed by atoms with van der Waals surface area (Å²) in [7, 11) is 0. The van der Waals surface area contributed by atoms with Gasteiger partial charge in [0.1, 0.15) is 11.9 Å². The van der Waals surface area contributed by atoms with Gasteiger partial charge in [0.15, 0.2) is 0 Å². The Kier molecular flexibility index (Phi) is 8.88. The van der Waals surface area contributed by atoms with E-state index < -0.39 is 12.0 Å². The number of carboxylic acids is 1. The Bertz CT molecular complexity index is 1470. The Morgan fingerprint density at radius 2 is 1.57 bits per heavy atom. The smallest absolute Gasteiger partial charge is 0.326 e. The lowest BCUT2D eigenvalue weighted by molar-refractivity contribution is -0.137. The molecule has 40 heavy (non-hydrogen) atoms. The zero-order valence-corrected chi connectivity index (χ0v) is 24.6. The number of nitrogens with one attached hydrogen (secondary N) is 1. The van der Waals surface area contributed by atoms with Crippen LogP contribution in [-0.4, -0.2) is 39.7 Å². The van der Waals surface area contributed by atoms with Gasteiger partial charge in [0.05, 0.1) is 0 Å². The lowest BCUT2D eigenvalue weighted by atomic mass is 9.94. The highest BCUT2D eigenvalue weighted by Crippen LogP contribution is 2.34. The highest BCUT2D eigenvalue weighted by atomic mass is 16.4. The molecule has 1 aromatic heterocycles. The molecule has 0 saturated heterocycles. The SMILES string of the molecule is CCN(c1ncc(-c2c(C)cc(C)cc2C)c(N[C@@H](Cc2ccc(-c3ccccc3C)cc2)C(=O)O)n1)C(C)C. The van der Waals surface area contributed by atoms with Gasteiger partial charge >= 0.3 is 5.97 Å². The zero-order valence-electron chi connectivity index (χ0n) is 24.6. The van der Waals surface area contributed by atoms with E-state index in [1.807, 2.05) is 30.5 Å². The summed E-state index contributed by atoms with van der Waals surface area (Å²) in [4.78, 5) is 24.3. The summed E-state index contributed by atoms with van der Waals surface area (Å²) in [6.45, 7) is 15.3. The summed E-state index contributed by atoms with van der Waals surface area (Å²) in [5.74, 6) is 0.184. The summed E-state index contributed by atoms with van der Waals surface area (Å²) >= 11 is 0. The predicted octanol–water partition coefficient (Wildman–Crippen LogP) is 7.39. The van der Waals surface area contributed by atoms with Gasteiger partial charge in [-0.3, -0.25) is 0 Å². The molecule has 0 radical (unpaired) electrons. The van der Waals surface area contributed by atoms with E-state index in [-0.39, 0.29) is 6.04 Å². The Morgan fingerprint density at radius 3 is 2.15 bits per heavy atom. The van der Waals surface area contributed by atoms with Gasteiger partial charge < -0.3 is 15.3 Å². The fraction of sp³-hybridized carbons (Fsp3) is 0.324. The van der Waals surface area contributed by atoms with Crippen LogP contribution in [0.3, 0.4) is 0 Å². The number of carboxylic acid groups (broad SMARTS) is 1. The maximum atomic E-state index is 12.5. The molecule has 0 aliphatic heterocycles. The number of hydrogen-bond donors (Lipinski definition) is 2. The number of aromatic nitrogens is 2. The Morgan fingerprint density at radius 1 is 0.925 bits per heavy atom. The van der Waals surface area contributed by atoms with E-state index in [0.29, 0.717) is 18.2 Å². The molecule has 0 fully saturated rings. The lowest BCUT2D eigenvalue weighted by Crippen LogP contribution is -2.34. The molecular weight excluding hydrogens is 496 g/mol. The van der Waals surface area contributed by atoms with E-state index in [0.717, 1.165) is 39.9 Å². The molecule has 0 unspecified atom stereocenters. The summed E-state index contributed by atoms with van der Waals surface area (Å²) in [5, 5.41) is 13.6. The number of aliphatic carboxylic acids is 1. The predicted molar refractivity (Wildman–Crippen MR) is 165 cm³/mol. The van der Waals surface area contributed by atoms with Crippen molar-refractivity contribution in [2.45, 2.75) is 67.0 Å². The van der Waals surface area contributed by atoms with Crippen molar-refractivity contribution in [3.05, 3.63) is 94.7 Å². The topological polar surface area (TPSA) is 78.4 Å². The van der Waals surface area contributed by atoms with Crippen molar-refractivity contribution < 1.29 is 9.90 Å². The second-order valence-electron chi connectivity index (χ2n) is 10.8. The molecule has 2 N–H and O–H groups in total. The van der Waals surface area contributed by atoms with Crippen LogP contribution in [0.2, 0.25) is 0 Å². The fourth-order valence-corrected chi connectivity index (χ4v) is 5.46. The van der Waals surface area contributed by atoms with Gasteiger partial charge in [0.25, 0.3) is 0 Å². The van der Waals surface area contributed by atoms with Gasteiger partial charge in [-0.05, 0) is 87.4 Å². The quantitative estimate of drug-likeness (QED) is 0.220. The maximum absolute atomic E-state index is 12.5. The molecule has 0 saturated carbocycles. The van der Waals surface area contributed by atoms with E-state index in [2.05, 4.69) is 95.1 Å². The first-order valence-electron chi connectivity index (χ1n) is 13.9. The molecule has 4 rings (SSSR count). The first kappa shape index (κ1) is 28.8. The third kappa shape index (κ3) is 6.33. The van der Waals surface area contributed by atoms with Crippen LogP contribution in [0.15, 0.2) is 66.9 Å². The van der Waals surface area contributed by atoms with Crippen LogP contribution in [0.1, 0.15) is 48.6 Å².